The summed E-state index contributed by atoms with van der Waals surface area (Å²) in [5.41, 5.74) is 1.45. The first-order chi connectivity index (χ1) is 12.3. The Kier molecular flexibility index (Phi) is 4.99. The fourth-order valence-corrected chi connectivity index (χ4v) is 3.57. The molecule has 136 valence electrons. The van der Waals surface area contributed by atoms with E-state index in [1.165, 1.54) is 5.39 Å². The molecule has 2 atom stereocenters. The van der Waals surface area contributed by atoms with E-state index >= 15 is 0 Å². The maximum atomic E-state index is 12.8. The molecule has 3 heteroatoms. The third-order valence-corrected chi connectivity index (χ3v) is 4.82. The predicted octanol–water partition coefficient (Wildman–Crippen LogP) is 5.86. The fraction of sp³-hybridized carbons (Fsp3) is 0.391. The first-order valence-corrected chi connectivity index (χ1v) is 9.32. The third kappa shape index (κ3) is 3.57. The van der Waals surface area contributed by atoms with Gasteiger partial charge >= 0.3 is 5.97 Å². The van der Waals surface area contributed by atoms with Crippen LogP contribution >= 0.6 is 0 Å². The number of hydrogen-bond acceptors (Lipinski definition) is 3. The van der Waals surface area contributed by atoms with E-state index in [2.05, 4.69) is 25.1 Å². The summed E-state index contributed by atoms with van der Waals surface area (Å²) in [6.07, 6.45) is 0.721. The van der Waals surface area contributed by atoms with Gasteiger partial charge in [0.1, 0.15) is 5.60 Å². The van der Waals surface area contributed by atoms with E-state index in [-0.39, 0.29) is 17.8 Å². The Morgan fingerprint density at radius 3 is 2.19 bits per heavy atom. The molecule has 3 aromatic rings. The van der Waals surface area contributed by atoms with Gasteiger partial charge in [-0.2, -0.15) is 0 Å². The van der Waals surface area contributed by atoms with Gasteiger partial charge in [-0.15, -0.1) is 0 Å². The number of esters is 1. The first-order valence-electron chi connectivity index (χ1n) is 9.32. The number of para-hydroxylation sites is 1. The molecule has 0 saturated carbocycles. The van der Waals surface area contributed by atoms with E-state index in [1.807, 2.05) is 58.0 Å². The van der Waals surface area contributed by atoms with Crippen LogP contribution in [0.5, 0.6) is 0 Å². The van der Waals surface area contributed by atoms with Crippen molar-refractivity contribution in [1.29, 1.82) is 0 Å². The highest BCUT2D eigenvalue weighted by molar-refractivity contribution is 6.06. The molecule has 0 N–H and O–H groups in total. The largest absolute Gasteiger partial charge is 0.460 e. The number of fused-ring (bicyclic) bond motifs is 3. The lowest BCUT2D eigenvalue weighted by molar-refractivity contribution is -0.160. The molecule has 2 aromatic carbocycles. The minimum absolute atomic E-state index is 0.0237. The van der Waals surface area contributed by atoms with E-state index in [0.29, 0.717) is 0 Å². The number of ether oxygens (including phenoxy) is 1. The molecule has 0 aliphatic carbocycles. The van der Waals surface area contributed by atoms with E-state index in [1.54, 1.807) is 0 Å². The van der Waals surface area contributed by atoms with Crippen LogP contribution < -0.4 is 0 Å². The second kappa shape index (κ2) is 7.06. The van der Waals surface area contributed by atoms with Crippen molar-refractivity contribution in [3.05, 3.63) is 54.2 Å². The maximum absolute atomic E-state index is 12.8. The first kappa shape index (κ1) is 18.4. The SMILES string of the molecule is CCC(C(=O)OC(C)(C)C)[C@@H](C)c1nc2ccccc2c2ccccc12. The quantitative estimate of drug-likeness (QED) is 0.437. The van der Waals surface area contributed by atoms with Gasteiger partial charge in [0.05, 0.1) is 17.1 Å². The lowest BCUT2D eigenvalue weighted by Gasteiger charge is -2.27. The highest BCUT2D eigenvalue weighted by Crippen LogP contribution is 2.35. The van der Waals surface area contributed by atoms with E-state index in [4.69, 9.17) is 9.72 Å². The minimum Gasteiger partial charge on any atom is -0.460 e. The smallest absolute Gasteiger partial charge is 0.310 e. The topological polar surface area (TPSA) is 39.2 Å². The van der Waals surface area contributed by atoms with Gasteiger partial charge in [-0.25, -0.2) is 0 Å². The molecular formula is C23H27NO2. The van der Waals surface area contributed by atoms with Crippen molar-refractivity contribution in [2.24, 2.45) is 5.92 Å². The van der Waals surface area contributed by atoms with Crippen LogP contribution in [-0.2, 0) is 9.53 Å². The van der Waals surface area contributed by atoms with Crippen molar-refractivity contribution in [2.75, 3.05) is 0 Å². The van der Waals surface area contributed by atoms with Gasteiger partial charge in [0.25, 0.3) is 0 Å². The van der Waals surface area contributed by atoms with Crippen molar-refractivity contribution in [1.82, 2.24) is 4.98 Å². The Hall–Kier alpha value is -2.42. The summed E-state index contributed by atoms with van der Waals surface area (Å²) in [4.78, 5) is 17.7. The lowest BCUT2D eigenvalue weighted by atomic mass is 9.86. The number of aromatic nitrogens is 1. The average molecular weight is 349 g/mol. The molecule has 1 unspecified atom stereocenters. The second-order valence-corrected chi connectivity index (χ2v) is 7.90. The van der Waals surface area contributed by atoms with Crippen LogP contribution in [0.1, 0.15) is 52.7 Å². The van der Waals surface area contributed by atoms with Gasteiger partial charge in [0.15, 0.2) is 0 Å². The van der Waals surface area contributed by atoms with Crippen molar-refractivity contribution >= 4 is 27.6 Å². The average Bonchev–Trinajstić information content (AvgIpc) is 2.60. The van der Waals surface area contributed by atoms with E-state index in [9.17, 15) is 4.79 Å². The minimum atomic E-state index is -0.483. The summed E-state index contributed by atoms with van der Waals surface area (Å²) in [7, 11) is 0. The summed E-state index contributed by atoms with van der Waals surface area (Å²) in [6, 6.07) is 16.5. The van der Waals surface area contributed by atoms with Crippen LogP contribution in [0.15, 0.2) is 48.5 Å². The van der Waals surface area contributed by atoms with Gasteiger partial charge in [0.2, 0.25) is 0 Å². The van der Waals surface area contributed by atoms with Crippen LogP contribution in [-0.4, -0.2) is 16.6 Å². The van der Waals surface area contributed by atoms with Crippen molar-refractivity contribution in [2.45, 2.75) is 52.6 Å². The van der Waals surface area contributed by atoms with Crippen LogP contribution in [0, 0.1) is 5.92 Å². The molecule has 0 fully saturated rings. The number of hydrogen-bond donors (Lipinski definition) is 0. The monoisotopic (exact) mass is 349 g/mol. The molecule has 0 amide bonds. The number of rotatable bonds is 4. The van der Waals surface area contributed by atoms with Gasteiger partial charge in [-0.3, -0.25) is 9.78 Å². The van der Waals surface area contributed by atoms with Crippen LogP contribution in [0.25, 0.3) is 21.7 Å². The molecule has 3 nitrogen and oxygen atoms in total. The lowest BCUT2D eigenvalue weighted by Crippen LogP contribution is -2.31. The van der Waals surface area contributed by atoms with Crippen LogP contribution in [0.2, 0.25) is 0 Å². The summed E-state index contributed by atoms with van der Waals surface area (Å²) in [5.74, 6) is -0.387. The summed E-state index contributed by atoms with van der Waals surface area (Å²) in [5, 5.41) is 3.43. The number of carbonyl (C=O) groups excluding carboxylic acids is 1. The van der Waals surface area contributed by atoms with Gasteiger partial charge in [0, 0.05) is 16.7 Å². The Bertz CT molecular complexity index is 940. The molecule has 0 aliphatic rings. The highest BCUT2D eigenvalue weighted by Gasteiger charge is 2.31. The van der Waals surface area contributed by atoms with E-state index < -0.39 is 5.60 Å². The van der Waals surface area contributed by atoms with Gasteiger partial charge in [-0.1, -0.05) is 56.3 Å². The molecule has 1 heterocycles. The number of benzene rings is 2. The summed E-state index contributed by atoms with van der Waals surface area (Å²) >= 11 is 0. The normalized spacial score (nSPS) is 14.3. The zero-order valence-corrected chi connectivity index (χ0v) is 16.2. The molecule has 3 rings (SSSR count). The molecule has 0 saturated heterocycles. The highest BCUT2D eigenvalue weighted by atomic mass is 16.6. The second-order valence-electron chi connectivity index (χ2n) is 7.90. The molecule has 0 radical (unpaired) electrons. The van der Waals surface area contributed by atoms with Crippen LogP contribution in [0.4, 0.5) is 0 Å². The van der Waals surface area contributed by atoms with Crippen molar-refractivity contribution < 1.29 is 9.53 Å². The number of pyridine rings is 1. The van der Waals surface area contributed by atoms with Gasteiger partial charge in [-0.05, 0) is 38.6 Å². The zero-order valence-electron chi connectivity index (χ0n) is 16.2. The molecule has 1 aromatic heterocycles. The summed E-state index contributed by atoms with van der Waals surface area (Å²) in [6.45, 7) is 9.85. The molecule has 0 aliphatic heterocycles. The summed E-state index contributed by atoms with van der Waals surface area (Å²) < 4.78 is 5.67. The predicted molar refractivity (Wildman–Crippen MR) is 107 cm³/mol. The standard InChI is InChI=1S/C23H27NO2/c1-6-16(22(25)26-23(3,4)5)15(2)21-19-13-8-7-11-17(19)18-12-9-10-14-20(18)24-21/h7-16H,6H2,1-5H3/t15-,16?/m1/s1. The maximum Gasteiger partial charge on any atom is 0.310 e. The molecule has 0 spiro atoms. The van der Waals surface area contributed by atoms with E-state index in [0.717, 1.165) is 28.4 Å². The molecule has 26 heavy (non-hydrogen) atoms. The third-order valence-electron chi connectivity index (χ3n) is 4.82. The molecular weight excluding hydrogens is 322 g/mol. The fourth-order valence-electron chi connectivity index (χ4n) is 3.57. The van der Waals surface area contributed by atoms with Crippen LogP contribution in [0.3, 0.4) is 0 Å². The molecule has 0 bridgehead atoms. The Morgan fingerprint density at radius 1 is 1.00 bits per heavy atom. The Balaban J connectivity index is 2.11. The van der Waals surface area contributed by atoms with Gasteiger partial charge < -0.3 is 4.74 Å². The zero-order chi connectivity index (χ0) is 18.9. The Labute approximate surface area is 155 Å². The number of carbonyl (C=O) groups is 1. The Morgan fingerprint density at radius 2 is 1.58 bits per heavy atom. The number of nitrogens with zero attached hydrogens (tertiary/aromatic N) is 1. The van der Waals surface area contributed by atoms with Crippen molar-refractivity contribution in [3.8, 4) is 0 Å². The van der Waals surface area contributed by atoms with Crippen molar-refractivity contribution in [3.63, 3.8) is 0 Å².